The van der Waals surface area contributed by atoms with Crippen LogP contribution in [0.25, 0.3) is 0 Å². The zero-order chi connectivity index (χ0) is 13.9. The summed E-state index contributed by atoms with van der Waals surface area (Å²) in [5, 5.41) is 11.9. The van der Waals surface area contributed by atoms with Crippen LogP contribution in [0.4, 0.5) is 0 Å². The fourth-order valence-electron chi connectivity index (χ4n) is 2.10. The van der Waals surface area contributed by atoms with Crippen molar-refractivity contribution in [2.45, 2.75) is 38.8 Å². The van der Waals surface area contributed by atoms with Gasteiger partial charge in [0.2, 0.25) is 15.9 Å². The Bertz CT molecular complexity index is 394. The molecular weight excluding hydrogens is 256 g/mol. The first-order chi connectivity index (χ1) is 8.27. The molecule has 0 aromatic carbocycles. The summed E-state index contributed by atoms with van der Waals surface area (Å²) >= 11 is 0. The number of nitrogens with zero attached hydrogens (tertiary/aromatic N) is 1. The zero-order valence-electron chi connectivity index (χ0n) is 11.1. The van der Waals surface area contributed by atoms with E-state index in [1.165, 1.54) is 4.31 Å². The summed E-state index contributed by atoms with van der Waals surface area (Å²) in [6, 6.07) is -0.965. The van der Waals surface area contributed by atoms with Gasteiger partial charge in [-0.1, -0.05) is 13.8 Å². The largest absolute Gasteiger partial charge is 0.394 e. The number of hydrogen-bond acceptors (Lipinski definition) is 4. The third-order valence-electron chi connectivity index (χ3n) is 3.26. The second kappa shape index (κ2) is 5.99. The van der Waals surface area contributed by atoms with Crippen LogP contribution in [0.2, 0.25) is 0 Å². The molecule has 0 radical (unpaired) electrons. The zero-order valence-corrected chi connectivity index (χ0v) is 11.9. The van der Waals surface area contributed by atoms with Crippen LogP contribution in [-0.2, 0) is 14.8 Å². The Kier molecular flexibility index (Phi) is 5.12. The Morgan fingerprint density at radius 3 is 2.56 bits per heavy atom. The van der Waals surface area contributed by atoms with E-state index in [4.69, 9.17) is 5.11 Å². The quantitative estimate of drug-likeness (QED) is 0.713. The normalized spacial score (nSPS) is 23.3. The lowest BCUT2D eigenvalue weighted by atomic mass is 10.0. The van der Waals surface area contributed by atoms with Crippen molar-refractivity contribution in [3.8, 4) is 0 Å². The van der Waals surface area contributed by atoms with Crippen molar-refractivity contribution in [3.63, 3.8) is 0 Å². The summed E-state index contributed by atoms with van der Waals surface area (Å²) in [7, 11) is -3.35. The van der Waals surface area contributed by atoms with Crippen LogP contribution >= 0.6 is 0 Å². The molecule has 0 aromatic rings. The van der Waals surface area contributed by atoms with E-state index in [1.807, 2.05) is 13.8 Å². The minimum absolute atomic E-state index is 0.104. The van der Waals surface area contributed by atoms with Gasteiger partial charge in [-0.15, -0.1) is 0 Å². The average Bonchev–Trinajstić information content (AvgIpc) is 2.73. The lowest BCUT2D eigenvalue weighted by Crippen LogP contribution is -2.50. The molecular formula is C11H22N2O4S. The van der Waals surface area contributed by atoms with Crippen molar-refractivity contribution in [1.82, 2.24) is 9.62 Å². The summed E-state index contributed by atoms with van der Waals surface area (Å²) in [6.07, 6.45) is 2.34. The molecule has 0 aromatic heterocycles. The van der Waals surface area contributed by atoms with Crippen LogP contribution in [-0.4, -0.2) is 55.2 Å². The highest BCUT2D eigenvalue weighted by atomic mass is 32.2. The molecule has 106 valence electrons. The monoisotopic (exact) mass is 278 g/mol. The van der Waals surface area contributed by atoms with Crippen LogP contribution in [0.5, 0.6) is 0 Å². The topological polar surface area (TPSA) is 86.7 Å². The highest BCUT2D eigenvalue weighted by Crippen LogP contribution is 2.20. The molecule has 2 atom stereocenters. The molecule has 1 aliphatic heterocycles. The second-order valence-electron chi connectivity index (χ2n) is 5.07. The molecule has 2 N–H and O–H groups in total. The van der Waals surface area contributed by atoms with E-state index in [0.29, 0.717) is 19.4 Å². The maximum atomic E-state index is 12.0. The molecule has 1 heterocycles. The number of carbonyl (C=O) groups excluding carboxylic acids is 1. The van der Waals surface area contributed by atoms with Gasteiger partial charge in [-0.2, -0.15) is 4.31 Å². The Morgan fingerprint density at radius 1 is 1.50 bits per heavy atom. The van der Waals surface area contributed by atoms with Gasteiger partial charge in [0.25, 0.3) is 0 Å². The van der Waals surface area contributed by atoms with Gasteiger partial charge < -0.3 is 10.4 Å². The molecule has 0 aliphatic carbocycles. The van der Waals surface area contributed by atoms with E-state index in [9.17, 15) is 13.2 Å². The molecule has 0 bridgehead atoms. The molecule has 18 heavy (non-hydrogen) atoms. The van der Waals surface area contributed by atoms with Crippen molar-refractivity contribution in [1.29, 1.82) is 0 Å². The Balaban J connectivity index is 2.72. The smallest absolute Gasteiger partial charge is 0.238 e. The standard InChI is InChI=1S/C11H22N2O4S/c1-8(2)9(7-14)12-11(15)10-5-4-6-13(10)18(3,16)17/h8-10,14H,4-7H2,1-3H3,(H,12,15). The first-order valence-corrected chi connectivity index (χ1v) is 8.00. The molecule has 1 fully saturated rings. The number of nitrogens with one attached hydrogen (secondary N) is 1. The van der Waals surface area contributed by atoms with Gasteiger partial charge in [0, 0.05) is 6.54 Å². The summed E-state index contributed by atoms with van der Waals surface area (Å²) < 4.78 is 24.3. The lowest BCUT2D eigenvalue weighted by Gasteiger charge is -2.25. The minimum atomic E-state index is -3.35. The molecule has 2 unspecified atom stereocenters. The number of sulfonamides is 1. The van der Waals surface area contributed by atoms with Gasteiger partial charge in [0.05, 0.1) is 18.9 Å². The van der Waals surface area contributed by atoms with Crippen LogP contribution in [0.3, 0.4) is 0 Å². The predicted molar refractivity (Wildman–Crippen MR) is 68.4 cm³/mol. The average molecular weight is 278 g/mol. The number of amides is 1. The molecule has 1 rings (SSSR count). The number of aliphatic hydroxyl groups is 1. The van der Waals surface area contributed by atoms with Gasteiger partial charge in [-0.25, -0.2) is 8.42 Å². The molecule has 1 saturated heterocycles. The fourth-order valence-corrected chi connectivity index (χ4v) is 3.23. The number of rotatable bonds is 5. The minimum Gasteiger partial charge on any atom is -0.394 e. The molecule has 0 saturated carbocycles. The van der Waals surface area contributed by atoms with E-state index in [0.717, 1.165) is 6.26 Å². The van der Waals surface area contributed by atoms with Crippen LogP contribution in [0.1, 0.15) is 26.7 Å². The van der Waals surface area contributed by atoms with E-state index in [-0.39, 0.29) is 24.5 Å². The van der Waals surface area contributed by atoms with E-state index < -0.39 is 16.1 Å². The lowest BCUT2D eigenvalue weighted by molar-refractivity contribution is -0.125. The maximum Gasteiger partial charge on any atom is 0.238 e. The molecule has 1 aliphatic rings. The SMILES string of the molecule is CC(C)C(CO)NC(=O)C1CCCN1S(C)(=O)=O. The summed E-state index contributed by atoms with van der Waals surface area (Å²) in [6.45, 7) is 4.03. The van der Waals surface area contributed by atoms with Crippen LogP contribution in [0, 0.1) is 5.92 Å². The van der Waals surface area contributed by atoms with Gasteiger partial charge >= 0.3 is 0 Å². The first-order valence-electron chi connectivity index (χ1n) is 6.15. The second-order valence-corrected chi connectivity index (χ2v) is 7.01. The Labute approximate surface area is 108 Å². The predicted octanol–water partition coefficient (Wildman–Crippen LogP) is -0.456. The molecule has 6 nitrogen and oxygen atoms in total. The van der Waals surface area contributed by atoms with E-state index >= 15 is 0 Å². The van der Waals surface area contributed by atoms with E-state index in [2.05, 4.69) is 5.32 Å². The first kappa shape index (κ1) is 15.4. The Morgan fingerprint density at radius 2 is 2.11 bits per heavy atom. The highest BCUT2D eigenvalue weighted by Gasteiger charge is 2.37. The van der Waals surface area contributed by atoms with Gasteiger partial charge in [-0.05, 0) is 18.8 Å². The third kappa shape index (κ3) is 3.66. The number of hydrogen-bond donors (Lipinski definition) is 2. The third-order valence-corrected chi connectivity index (χ3v) is 4.55. The number of aliphatic hydroxyl groups excluding tert-OH is 1. The summed E-state index contributed by atoms with van der Waals surface area (Å²) in [5.41, 5.74) is 0. The van der Waals surface area contributed by atoms with Crippen LogP contribution < -0.4 is 5.32 Å². The van der Waals surface area contributed by atoms with Gasteiger partial charge in [-0.3, -0.25) is 4.79 Å². The summed E-state index contributed by atoms with van der Waals surface area (Å²) in [4.78, 5) is 12.0. The van der Waals surface area contributed by atoms with Crippen molar-refractivity contribution in [3.05, 3.63) is 0 Å². The van der Waals surface area contributed by atoms with Gasteiger partial charge in [0.1, 0.15) is 6.04 Å². The highest BCUT2D eigenvalue weighted by molar-refractivity contribution is 7.88. The van der Waals surface area contributed by atoms with Gasteiger partial charge in [0.15, 0.2) is 0 Å². The molecule has 0 spiro atoms. The van der Waals surface area contributed by atoms with Crippen molar-refractivity contribution < 1.29 is 18.3 Å². The summed E-state index contributed by atoms with van der Waals surface area (Å²) in [5.74, 6) is -0.210. The molecule has 7 heteroatoms. The van der Waals surface area contributed by atoms with Crippen molar-refractivity contribution >= 4 is 15.9 Å². The maximum absolute atomic E-state index is 12.0. The van der Waals surface area contributed by atoms with Crippen molar-refractivity contribution in [2.24, 2.45) is 5.92 Å². The molecule has 1 amide bonds. The van der Waals surface area contributed by atoms with Crippen LogP contribution in [0.15, 0.2) is 0 Å². The number of carbonyl (C=O) groups is 1. The fraction of sp³-hybridized carbons (Fsp3) is 0.909. The van der Waals surface area contributed by atoms with E-state index in [1.54, 1.807) is 0 Å². The Hall–Kier alpha value is -0.660. The van der Waals surface area contributed by atoms with Crippen molar-refractivity contribution in [2.75, 3.05) is 19.4 Å².